The summed E-state index contributed by atoms with van der Waals surface area (Å²) in [7, 11) is 0. The van der Waals surface area contributed by atoms with E-state index in [1.54, 1.807) is 0 Å². The van der Waals surface area contributed by atoms with Crippen molar-refractivity contribution in [3.63, 3.8) is 0 Å². The number of nitrogens with zero attached hydrogens (tertiary/aromatic N) is 2. The molecule has 116 valence electrons. The highest BCUT2D eigenvalue weighted by molar-refractivity contribution is 5.79. The smallest absolute Gasteiger partial charge is 0.237 e. The van der Waals surface area contributed by atoms with Crippen LogP contribution >= 0.6 is 0 Å². The van der Waals surface area contributed by atoms with Crippen LogP contribution in [0.5, 0.6) is 0 Å². The van der Waals surface area contributed by atoms with Gasteiger partial charge in [-0.3, -0.25) is 9.69 Å². The van der Waals surface area contributed by atoms with Crippen LogP contribution < -0.4 is 0 Å². The number of hydrogen-bond acceptors (Lipinski definition) is 3. The molecule has 1 N–H and O–H groups in total. The average Bonchev–Trinajstić information content (AvgIpc) is 2.76. The van der Waals surface area contributed by atoms with Gasteiger partial charge in [0.15, 0.2) is 0 Å². The van der Waals surface area contributed by atoms with Crippen LogP contribution in [-0.4, -0.2) is 57.6 Å². The van der Waals surface area contributed by atoms with Crippen LogP contribution in [0.15, 0.2) is 0 Å². The van der Waals surface area contributed by atoms with Crippen molar-refractivity contribution in [2.24, 2.45) is 0 Å². The van der Waals surface area contributed by atoms with E-state index in [9.17, 15) is 9.90 Å². The molecule has 20 heavy (non-hydrogen) atoms. The largest absolute Gasteiger partial charge is 0.389 e. The molecule has 0 aromatic rings. The number of likely N-dealkylation sites (tertiary alicyclic amines) is 2. The number of carbonyl (C=O) groups is 1. The second-order valence-electron chi connectivity index (χ2n) is 7.21. The van der Waals surface area contributed by atoms with Gasteiger partial charge in [0, 0.05) is 18.1 Å². The SMILES string of the molecule is CC1CCCC(C)N1C(=O)CN1CCCC1C(C)(C)O. The third-order valence-corrected chi connectivity index (χ3v) is 5.00. The summed E-state index contributed by atoms with van der Waals surface area (Å²) in [5, 5.41) is 10.2. The minimum Gasteiger partial charge on any atom is -0.389 e. The van der Waals surface area contributed by atoms with Gasteiger partial charge in [0.1, 0.15) is 0 Å². The molecule has 2 heterocycles. The first-order valence-corrected chi connectivity index (χ1v) is 8.08. The Labute approximate surface area is 123 Å². The highest BCUT2D eigenvalue weighted by atomic mass is 16.3. The van der Waals surface area contributed by atoms with E-state index in [2.05, 4.69) is 23.6 Å². The fourth-order valence-electron chi connectivity index (χ4n) is 3.98. The van der Waals surface area contributed by atoms with Gasteiger partial charge in [-0.05, 0) is 66.3 Å². The first kappa shape index (κ1) is 15.8. The molecule has 4 nitrogen and oxygen atoms in total. The molecular formula is C16H30N2O2. The molecule has 0 radical (unpaired) electrons. The zero-order valence-corrected chi connectivity index (χ0v) is 13.4. The minimum absolute atomic E-state index is 0.113. The van der Waals surface area contributed by atoms with Crippen LogP contribution in [0.25, 0.3) is 0 Å². The number of hydrogen-bond donors (Lipinski definition) is 1. The number of rotatable bonds is 3. The van der Waals surface area contributed by atoms with Gasteiger partial charge in [-0.25, -0.2) is 0 Å². The van der Waals surface area contributed by atoms with Crippen molar-refractivity contribution in [2.75, 3.05) is 13.1 Å². The lowest BCUT2D eigenvalue weighted by atomic mass is 9.96. The van der Waals surface area contributed by atoms with E-state index in [0.717, 1.165) is 32.2 Å². The molecule has 2 aliphatic heterocycles. The van der Waals surface area contributed by atoms with Gasteiger partial charge >= 0.3 is 0 Å². The molecule has 0 aliphatic carbocycles. The highest BCUT2D eigenvalue weighted by Gasteiger charge is 2.38. The maximum atomic E-state index is 12.7. The molecule has 3 unspecified atom stereocenters. The van der Waals surface area contributed by atoms with Crippen LogP contribution in [0.4, 0.5) is 0 Å². The first-order chi connectivity index (χ1) is 9.30. The van der Waals surface area contributed by atoms with E-state index in [1.165, 1.54) is 6.42 Å². The molecule has 0 aromatic carbocycles. The van der Waals surface area contributed by atoms with Gasteiger partial charge in [-0.1, -0.05) is 0 Å². The molecular weight excluding hydrogens is 252 g/mol. The van der Waals surface area contributed by atoms with E-state index >= 15 is 0 Å². The summed E-state index contributed by atoms with van der Waals surface area (Å²) >= 11 is 0. The summed E-state index contributed by atoms with van der Waals surface area (Å²) in [6.07, 6.45) is 5.52. The molecule has 0 spiro atoms. The molecule has 2 saturated heterocycles. The molecule has 3 atom stereocenters. The van der Waals surface area contributed by atoms with Gasteiger partial charge < -0.3 is 10.0 Å². The van der Waals surface area contributed by atoms with Gasteiger partial charge in [0.05, 0.1) is 12.1 Å². The summed E-state index contributed by atoms with van der Waals surface area (Å²) in [5.74, 6) is 0.237. The van der Waals surface area contributed by atoms with Crippen LogP contribution in [0.1, 0.15) is 59.8 Å². The Morgan fingerprint density at radius 3 is 2.30 bits per heavy atom. The van der Waals surface area contributed by atoms with Crippen LogP contribution in [0.2, 0.25) is 0 Å². The number of amides is 1. The zero-order chi connectivity index (χ0) is 14.9. The number of aliphatic hydroxyl groups is 1. The molecule has 0 aromatic heterocycles. The van der Waals surface area contributed by atoms with E-state index in [1.807, 2.05) is 13.8 Å². The van der Waals surface area contributed by atoms with E-state index < -0.39 is 5.60 Å². The lowest BCUT2D eigenvalue weighted by Crippen LogP contribution is -2.54. The van der Waals surface area contributed by atoms with Crippen molar-refractivity contribution >= 4 is 5.91 Å². The molecule has 2 rings (SSSR count). The van der Waals surface area contributed by atoms with Crippen molar-refractivity contribution in [3.05, 3.63) is 0 Å². The Morgan fingerprint density at radius 1 is 1.15 bits per heavy atom. The van der Waals surface area contributed by atoms with Crippen molar-refractivity contribution in [3.8, 4) is 0 Å². The molecule has 2 fully saturated rings. The predicted octanol–water partition coefficient (Wildman–Crippen LogP) is 2.01. The number of piperidine rings is 1. The summed E-state index contributed by atoms with van der Waals surface area (Å²) in [6, 6.07) is 0.825. The second kappa shape index (κ2) is 6.02. The van der Waals surface area contributed by atoms with Crippen molar-refractivity contribution in [1.29, 1.82) is 0 Å². The monoisotopic (exact) mass is 282 g/mol. The summed E-state index contributed by atoms with van der Waals surface area (Å²) in [6.45, 7) is 9.41. The average molecular weight is 282 g/mol. The van der Waals surface area contributed by atoms with E-state index in [4.69, 9.17) is 0 Å². The van der Waals surface area contributed by atoms with Gasteiger partial charge in [0.25, 0.3) is 0 Å². The molecule has 0 bridgehead atoms. The Morgan fingerprint density at radius 2 is 1.75 bits per heavy atom. The fraction of sp³-hybridized carbons (Fsp3) is 0.938. The number of carbonyl (C=O) groups excluding carboxylic acids is 1. The van der Waals surface area contributed by atoms with Crippen LogP contribution in [-0.2, 0) is 4.79 Å². The van der Waals surface area contributed by atoms with E-state index in [-0.39, 0.29) is 11.9 Å². The first-order valence-electron chi connectivity index (χ1n) is 8.08. The Bertz CT molecular complexity index is 341. The van der Waals surface area contributed by atoms with Crippen molar-refractivity contribution in [1.82, 2.24) is 9.80 Å². The Kier molecular flexibility index (Phi) is 4.75. The van der Waals surface area contributed by atoms with Crippen molar-refractivity contribution in [2.45, 2.75) is 83.5 Å². The summed E-state index contributed by atoms with van der Waals surface area (Å²) in [5.41, 5.74) is -0.726. The van der Waals surface area contributed by atoms with E-state index in [0.29, 0.717) is 18.6 Å². The van der Waals surface area contributed by atoms with Gasteiger partial charge in [0.2, 0.25) is 5.91 Å². The van der Waals surface area contributed by atoms with Gasteiger partial charge in [-0.2, -0.15) is 0 Å². The fourth-order valence-corrected chi connectivity index (χ4v) is 3.98. The standard InChI is InChI=1S/C16H30N2O2/c1-12-7-5-8-13(2)18(12)15(19)11-17-10-6-9-14(17)16(3,4)20/h12-14,20H,5-11H2,1-4H3. The molecule has 1 amide bonds. The lowest BCUT2D eigenvalue weighted by molar-refractivity contribution is -0.139. The Balaban J connectivity index is 2.00. The molecule has 2 aliphatic rings. The minimum atomic E-state index is -0.726. The highest BCUT2D eigenvalue weighted by Crippen LogP contribution is 2.28. The quantitative estimate of drug-likeness (QED) is 0.861. The third kappa shape index (κ3) is 3.34. The third-order valence-electron chi connectivity index (χ3n) is 5.00. The second-order valence-corrected chi connectivity index (χ2v) is 7.21. The predicted molar refractivity (Wildman–Crippen MR) is 80.5 cm³/mol. The normalized spacial score (nSPS) is 32.6. The maximum absolute atomic E-state index is 12.7. The lowest BCUT2D eigenvalue weighted by Gasteiger charge is -2.41. The zero-order valence-electron chi connectivity index (χ0n) is 13.4. The molecule has 4 heteroatoms. The summed E-state index contributed by atoms with van der Waals surface area (Å²) < 4.78 is 0. The van der Waals surface area contributed by atoms with Crippen LogP contribution in [0.3, 0.4) is 0 Å². The van der Waals surface area contributed by atoms with Gasteiger partial charge in [-0.15, -0.1) is 0 Å². The Hall–Kier alpha value is -0.610. The topological polar surface area (TPSA) is 43.8 Å². The van der Waals surface area contributed by atoms with Crippen molar-refractivity contribution < 1.29 is 9.90 Å². The maximum Gasteiger partial charge on any atom is 0.237 e. The molecule has 0 saturated carbocycles. The van der Waals surface area contributed by atoms with Crippen LogP contribution in [0, 0.1) is 0 Å². The summed E-state index contributed by atoms with van der Waals surface area (Å²) in [4.78, 5) is 16.9.